The minimum Gasteiger partial charge on any atom is -0.387 e. The van der Waals surface area contributed by atoms with Gasteiger partial charge >= 0.3 is 0 Å². The van der Waals surface area contributed by atoms with Crippen LogP contribution in [0.5, 0.6) is 0 Å². The second kappa shape index (κ2) is 7.55. The summed E-state index contributed by atoms with van der Waals surface area (Å²) in [5.41, 5.74) is 2.49. The Hall–Kier alpha value is -0.900. The van der Waals surface area contributed by atoms with Gasteiger partial charge in [0.05, 0.1) is 6.10 Å². The smallest absolute Gasteiger partial charge is 0.0914 e. The van der Waals surface area contributed by atoms with Crippen LogP contribution in [0.2, 0.25) is 0 Å². The van der Waals surface area contributed by atoms with Crippen LogP contribution in [-0.4, -0.2) is 42.2 Å². The van der Waals surface area contributed by atoms with E-state index in [2.05, 4.69) is 55.3 Å². The number of hydrogen-bond donors (Lipinski definition) is 2. The molecule has 1 heterocycles. The summed E-state index contributed by atoms with van der Waals surface area (Å²) >= 11 is 0. The molecule has 2 fully saturated rings. The number of nitrogens with one attached hydrogen (secondary N) is 1. The van der Waals surface area contributed by atoms with E-state index >= 15 is 0 Å². The van der Waals surface area contributed by atoms with Crippen molar-refractivity contribution in [3.8, 4) is 0 Å². The minimum absolute atomic E-state index is 0.163. The van der Waals surface area contributed by atoms with Crippen LogP contribution in [0.3, 0.4) is 0 Å². The van der Waals surface area contributed by atoms with Gasteiger partial charge in [-0.2, -0.15) is 0 Å². The molecule has 1 unspecified atom stereocenters. The monoisotopic (exact) mass is 330 g/mol. The number of likely N-dealkylation sites (tertiary alicyclic amines) is 1. The van der Waals surface area contributed by atoms with Crippen molar-refractivity contribution in [2.24, 2.45) is 5.92 Å². The summed E-state index contributed by atoms with van der Waals surface area (Å²) in [6.07, 6.45) is 4.89. The van der Waals surface area contributed by atoms with Gasteiger partial charge in [0.25, 0.3) is 0 Å². The zero-order valence-corrected chi connectivity index (χ0v) is 15.6. The number of benzene rings is 1. The van der Waals surface area contributed by atoms with Crippen molar-refractivity contribution in [2.75, 3.05) is 26.2 Å². The van der Waals surface area contributed by atoms with E-state index in [0.29, 0.717) is 12.6 Å². The van der Waals surface area contributed by atoms with Crippen LogP contribution in [0.15, 0.2) is 24.3 Å². The maximum Gasteiger partial charge on any atom is 0.0914 e. The van der Waals surface area contributed by atoms with Crippen LogP contribution in [0.25, 0.3) is 0 Å². The van der Waals surface area contributed by atoms with E-state index < -0.39 is 6.10 Å². The normalized spacial score (nSPS) is 21.8. The third-order valence-electron chi connectivity index (χ3n) is 5.56. The highest BCUT2D eigenvalue weighted by atomic mass is 16.3. The van der Waals surface area contributed by atoms with Crippen LogP contribution in [0.1, 0.15) is 63.7 Å². The van der Waals surface area contributed by atoms with Crippen molar-refractivity contribution in [1.29, 1.82) is 0 Å². The van der Waals surface area contributed by atoms with Crippen molar-refractivity contribution < 1.29 is 5.11 Å². The van der Waals surface area contributed by atoms with Gasteiger partial charge in [-0.3, -0.25) is 0 Å². The summed E-state index contributed by atoms with van der Waals surface area (Å²) in [6, 6.07) is 9.00. The molecule has 0 aromatic heterocycles. The van der Waals surface area contributed by atoms with E-state index in [9.17, 15) is 5.11 Å². The SMILES string of the molecule is CC(C)(C)c1ccc(C(O)CNC2CCN(CC3CC3)CC2)cc1. The van der Waals surface area contributed by atoms with Gasteiger partial charge in [-0.1, -0.05) is 45.0 Å². The van der Waals surface area contributed by atoms with Crippen LogP contribution >= 0.6 is 0 Å². The molecule has 1 saturated heterocycles. The second-order valence-electron chi connectivity index (χ2n) is 8.81. The van der Waals surface area contributed by atoms with Gasteiger partial charge in [-0.05, 0) is 61.2 Å². The van der Waals surface area contributed by atoms with E-state index in [0.717, 1.165) is 11.5 Å². The van der Waals surface area contributed by atoms with Gasteiger partial charge in [0, 0.05) is 19.1 Å². The standard InChI is InChI=1S/C21H34N2O/c1-21(2,3)18-8-6-17(7-9-18)20(24)14-22-19-10-12-23(13-11-19)15-16-4-5-16/h6-9,16,19-20,22,24H,4-5,10-15H2,1-3H3. The van der Waals surface area contributed by atoms with E-state index in [1.807, 2.05) is 0 Å². The van der Waals surface area contributed by atoms with E-state index in [4.69, 9.17) is 0 Å². The number of aliphatic hydroxyl groups is 1. The Morgan fingerprint density at radius 1 is 1.08 bits per heavy atom. The summed E-state index contributed by atoms with van der Waals surface area (Å²) in [5.74, 6) is 0.993. The number of hydrogen-bond acceptors (Lipinski definition) is 3. The van der Waals surface area contributed by atoms with Gasteiger partial charge in [-0.25, -0.2) is 0 Å². The molecular formula is C21H34N2O. The molecule has 1 saturated carbocycles. The summed E-state index contributed by atoms with van der Waals surface area (Å²) in [6.45, 7) is 11.0. The Kier molecular flexibility index (Phi) is 5.63. The van der Waals surface area contributed by atoms with Crippen molar-refractivity contribution in [2.45, 2.75) is 64.0 Å². The third-order valence-corrected chi connectivity index (χ3v) is 5.56. The molecule has 1 aliphatic heterocycles. The zero-order valence-electron chi connectivity index (χ0n) is 15.6. The number of rotatable bonds is 6. The maximum absolute atomic E-state index is 10.5. The molecule has 0 bridgehead atoms. The quantitative estimate of drug-likeness (QED) is 0.838. The van der Waals surface area contributed by atoms with E-state index in [1.165, 1.54) is 50.9 Å². The van der Waals surface area contributed by atoms with Gasteiger partial charge in [0.1, 0.15) is 0 Å². The van der Waals surface area contributed by atoms with Crippen LogP contribution < -0.4 is 5.32 Å². The first-order valence-electron chi connectivity index (χ1n) is 9.66. The van der Waals surface area contributed by atoms with Gasteiger partial charge in [0.15, 0.2) is 0 Å². The zero-order chi connectivity index (χ0) is 17.2. The molecule has 0 amide bonds. The van der Waals surface area contributed by atoms with Crippen LogP contribution in [0, 0.1) is 5.92 Å². The average Bonchev–Trinajstić information content (AvgIpc) is 3.37. The fraction of sp³-hybridized carbons (Fsp3) is 0.714. The molecule has 1 aromatic carbocycles. The highest BCUT2D eigenvalue weighted by molar-refractivity contribution is 5.28. The van der Waals surface area contributed by atoms with E-state index in [-0.39, 0.29) is 5.41 Å². The molecule has 2 N–H and O–H groups in total. The first kappa shape index (κ1) is 17.9. The molecule has 1 atom stereocenters. The van der Waals surface area contributed by atoms with Gasteiger partial charge < -0.3 is 15.3 Å². The van der Waals surface area contributed by atoms with Crippen LogP contribution in [0.4, 0.5) is 0 Å². The molecule has 134 valence electrons. The minimum atomic E-state index is -0.413. The molecule has 3 heteroatoms. The molecule has 1 aromatic rings. The van der Waals surface area contributed by atoms with Crippen molar-refractivity contribution in [3.63, 3.8) is 0 Å². The lowest BCUT2D eigenvalue weighted by Crippen LogP contribution is -2.44. The average molecular weight is 331 g/mol. The van der Waals surface area contributed by atoms with Crippen molar-refractivity contribution in [3.05, 3.63) is 35.4 Å². The van der Waals surface area contributed by atoms with Crippen molar-refractivity contribution >= 4 is 0 Å². The Morgan fingerprint density at radius 3 is 2.25 bits per heavy atom. The lowest BCUT2D eigenvalue weighted by atomic mass is 9.86. The van der Waals surface area contributed by atoms with Gasteiger partial charge in [-0.15, -0.1) is 0 Å². The molecule has 2 aliphatic rings. The lowest BCUT2D eigenvalue weighted by Gasteiger charge is -2.33. The lowest BCUT2D eigenvalue weighted by molar-refractivity contribution is 0.149. The highest BCUT2D eigenvalue weighted by Crippen LogP contribution is 2.30. The largest absolute Gasteiger partial charge is 0.387 e. The molecule has 0 spiro atoms. The second-order valence-corrected chi connectivity index (χ2v) is 8.81. The first-order valence-corrected chi connectivity index (χ1v) is 9.66. The Balaban J connectivity index is 1.41. The predicted molar refractivity (Wildman–Crippen MR) is 100 cm³/mol. The highest BCUT2D eigenvalue weighted by Gasteiger charge is 2.27. The molecule has 24 heavy (non-hydrogen) atoms. The third kappa shape index (κ3) is 5.05. The molecular weight excluding hydrogens is 296 g/mol. The first-order chi connectivity index (χ1) is 11.4. The number of aliphatic hydroxyl groups excluding tert-OH is 1. The fourth-order valence-electron chi connectivity index (χ4n) is 3.59. The molecule has 0 radical (unpaired) electrons. The number of nitrogens with zero attached hydrogens (tertiary/aromatic N) is 1. The number of piperidine rings is 1. The summed E-state index contributed by atoms with van der Waals surface area (Å²) in [5, 5.41) is 14.0. The Bertz CT molecular complexity index is 508. The Labute approximate surface area is 147 Å². The van der Waals surface area contributed by atoms with E-state index in [1.54, 1.807) is 0 Å². The summed E-state index contributed by atoms with van der Waals surface area (Å²) in [4.78, 5) is 2.62. The predicted octanol–water partition coefficient (Wildman–Crippen LogP) is 3.48. The Morgan fingerprint density at radius 2 is 1.71 bits per heavy atom. The summed E-state index contributed by atoms with van der Waals surface area (Å²) in [7, 11) is 0. The van der Waals surface area contributed by atoms with Crippen LogP contribution in [-0.2, 0) is 5.41 Å². The fourth-order valence-corrected chi connectivity index (χ4v) is 3.59. The maximum atomic E-state index is 10.5. The topological polar surface area (TPSA) is 35.5 Å². The summed E-state index contributed by atoms with van der Waals surface area (Å²) < 4.78 is 0. The van der Waals surface area contributed by atoms with Crippen molar-refractivity contribution in [1.82, 2.24) is 10.2 Å². The molecule has 1 aliphatic carbocycles. The molecule has 3 rings (SSSR count). The van der Waals surface area contributed by atoms with Gasteiger partial charge in [0.2, 0.25) is 0 Å². The molecule has 3 nitrogen and oxygen atoms in total.